The first-order valence-electron chi connectivity index (χ1n) is 7.49. The summed E-state index contributed by atoms with van der Waals surface area (Å²) in [5.41, 5.74) is 0. The number of carbonyl (C=O) groups excluding carboxylic acids is 1. The number of nitrogens with zero attached hydrogens (tertiary/aromatic N) is 5. The lowest BCUT2D eigenvalue weighted by molar-refractivity contribution is -0.144. The zero-order valence-electron chi connectivity index (χ0n) is 13.6. The monoisotopic (exact) mass is 375 g/mol. The van der Waals surface area contributed by atoms with E-state index in [4.69, 9.17) is 9.90 Å². The molecule has 13 heteroatoms. The number of aryl methyl sites for hydroxylation is 1. The molecule has 0 bridgehead atoms. The highest BCUT2D eigenvalue weighted by Gasteiger charge is 2.36. The number of halogens is 3. The number of fused-ring (bicyclic) bond motifs is 1. The van der Waals surface area contributed by atoms with E-state index in [0.29, 0.717) is 19.4 Å². The molecule has 3 N–H and O–H groups in total. The molecule has 0 aliphatic carbocycles. The molecule has 0 saturated carbocycles. The number of aromatic amines is 1. The summed E-state index contributed by atoms with van der Waals surface area (Å²) in [6.07, 6.45) is -1.91. The molecule has 2 aromatic rings. The molecule has 3 heterocycles. The van der Waals surface area contributed by atoms with Gasteiger partial charge in [-0.05, 0) is 6.42 Å². The van der Waals surface area contributed by atoms with Gasteiger partial charge in [-0.2, -0.15) is 18.3 Å². The number of carboxylic acids is 1. The molecule has 1 unspecified atom stereocenters. The quantitative estimate of drug-likeness (QED) is 0.705. The van der Waals surface area contributed by atoms with Gasteiger partial charge >= 0.3 is 6.18 Å². The van der Waals surface area contributed by atoms with Crippen molar-refractivity contribution in [2.75, 3.05) is 0 Å². The smallest absolute Gasteiger partial charge is 0.453 e. The van der Waals surface area contributed by atoms with Crippen molar-refractivity contribution in [1.82, 2.24) is 35.3 Å². The molecule has 1 amide bonds. The van der Waals surface area contributed by atoms with Crippen LogP contribution in [0.5, 0.6) is 0 Å². The van der Waals surface area contributed by atoms with E-state index in [2.05, 4.69) is 30.6 Å². The van der Waals surface area contributed by atoms with Crippen LogP contribution in [0.4, 0.5) is 13.2 Å². The minimum absolute atomic E-state index is 0.0436. The molecule has 26 heavy (non-hydrogen) atoms. The van der Waals surface area contributed by atoms with Gasteiger partial charge in [-0.25, -0.2) is 14.6 Å². The lowest BCUT2D eigenvalue weighted by atomic mass is 9.99. The fourth-order valence-electron chi connectivity index (χ4n) is 2.27. The maximum absolute atomic E-state index is 12.4. The van der Waals surface area contributed by atoms with Gasteiger partial charge in [-0.1, -0.05) is 0 Å². The Kier molecular flexibility index (Phi) is 5.90. The first kappa shape index (κ1) is 19.3. The van der Waals surface area contributed by atoms with E-state index in [1.54, 1.807) is 4.68 Å². The Labute approximate surface area is 144 Å². The van der Waals surface area contributed by atoms with E-state index < -0.39 is 18.0 Å². The number of hydrogen-bond acceptors (Lipinski definition) is 6. The van der Waals surface area contributed by atoms with E-state index >= 15 is 0 Å². The van der Waals surface area contributed by atoms with Gasteiger partial charge < -0.3 is 10.4 Å². The van der Waals surface area contributed by atoms with Crippen LogP contribution in [0.15, 0.2) is 6.33 Å². The molecular weight excluding hydrogens is 359 g/mol. The van der Waals surface area contributed by atoms with Crippen LogP contribution >= 0.6 is 0 Å². The topological polar surface area (TPSA) is 139 Å². The fourth-order valence-corrected chi connectivity index (χ4v) is 2.27. The molecule has 1 aliphatic rings. The summed E-state index contributed by atoms with van der Waals surface area (Å²) < 4.78 is 38.7. The largest absolute Gasteiger partial charge is 0.481 e. The molecule has 0 fully saturated rings. The van der Waals surface area contributed by atoms with Crippen molar-refractivity contribution in [2.24, 2.45) is 5.92 Å². The Morgan fingerprint density at radius 1 is 1.46 bits per heavy atom. The third kappa shape index (κ3) is 5.26. The zero-order valence-corrected chi connectivity index (χ0v) is 13.6. The predicted molar refractivity (Wildman–Crippen MR) is 78.4 cm³/mol. The van der Waals surface area contributed by atoms with E-state index in [0.717, 1.165) is 12.7 Å². The Balaban J connectivity index is 0.000000552. The SMILES string of the molecule is CC(=O)O.O=C(NCc1nc(C(F)(F)F)n[nH]1)C1CCc2ncnn2C1. The summed E-state index contributed by atoms with van der Waals surface area (Å²) in [5, 5.41) is 19.2. The standard InChI is InChI=1S/C11H12F3N7O.C2H4O2/c12-11(13,14)10-18-7(19-20-10)3-15-9(22)6-1-2-8-16-5-17-21(8)4-6;1-2(3)4/h5-6H,1-4H2,(H,15,22)(H,18,19,20);1H3,(H,3,4). The van der Waals surface area contributed by atoms with Crippen LogP contribution in [0, 0.1) is 5.92 Å². The predicted octanol–water partition coefficient (Wildman–Crippen LogP) is 0.385. The van der Waals surface area contributed by atoms with Crippen LogP contribution in [0.2, 0.25) is 0 Å². The highest BCUT2D eigenvalue weighted by molar-refractivity contribution is 5.78. The fraction of sp³-hybridized carbons (Fsp3) is 0.538. The third-order valence-electron chi connectivity index (χ3n) is 3.39. The molecular formula is C13H16F3N7O3. The van der Waals surface area contributed by atoms with Crippen LogP contribution < -0.4 is 5.32 Å². The van der Waals surface area contributed by atoms with Gasteiger partial charge in [0.1, 0.15) is 18.0 Å². The number of carbonyl (C=O) groups is 2. The van der Waals surface area contributed by atoms with Crippen molar-refractivity contribution in [3.63, 3.8) is 0 Å². The highest BCUT2D eigenvalue weighted by atomic mass is 19.4. The van der Waals surface area contributed by atoms with Crippen LogP contribution in [0.1, 0.15) is 30.8 Å². The van der Waals surface area contributed by atoms with Gasteiger partial charge in [-0.15, -0.1) is 5.10 Å². The van der Waals surface area contributed by atoms with Crippen molar-refractivity contribution in [2.45, 2.75) is 39.0 Å². The van der Waals surface area contributed by atoms with Crippen molar-refractivity contribution < 1.29 is 27.9 Å². The van der Waals surface area contributed by atoms with Crippen LogP contribution in [-0.2, 0) is 35.3 Å². The van der Waals surface area contributed by atoms with Gasteiger partial charge in [0.2, 0.25) is 5.91 Å². The number of aromatic nitrogens is 6. The van der Waals surface area contributed by atoms with E-state index in [1.165, 1.54) is 6.33 Å². The highest BCUT2D eigenvalue weighted by Crippen LogP contribution is 2.25. The summed E-state index contributed by atoms with van der Waals surface area (Å²) in [5.74, 6) is -1.85. The maximum atomic E-state index is 12.4. The second kappa shape index (κ2) is 7.93. The summed E-state index contributed by atoms with van der Waals surface area (Å²) in [4.78, 5) is 28.4. The lowest BCUT2D eigenvalue weighted by Crippen LogP contribution is -2.36. The zero-order chi connectivity index (χ0) is 19.3. The van der Waals surface area contributed by atoms with E-state index in [1.807, 2.05) is 0 Å². The van der Waals surface area contributed by atoms with Crippen molar-refractivity contribution >= 4 is 11.9 Å². The molecule has 0 spiro atoms. The van der Waals surface area contributed by atoms with E-state index in [-0.39, 0.29) is 24.2 Å². The minimum atomic E-state index is -4.61. The number of rotatable bonds is 3. The molecule has 2 aromatic heterocycles. The van der Waals surface area contributed by atoms with Gasteiger partial charge in [-0.3, -0.25) is 14.7 Å². The normalized spacial score (nSPS) is 16.2. The lowest BCUT2D eigenvalue weighted by Gasteiger charge is -2.21. The molecule has 142 valence electrons. The van der Waals surface area contributed by atoms with Crippen LogP contribution in [0.3, 0.4) is 0 Å². The number of nitrogens with one attached hydrogen (secondary N) is 2. The Morgan fingerprint density at radius 3 is 2.77 bits per heavy atom. The molecule has 3 rings (SSSR count). The summed E-state index contributed by atoms with van der Waals surface area (Å²) in [6, 6.07) is 0. The summed E-state index contributed by atoms with van der Waals surface area (Å²) in [7, 11) is 0. The summed E-state index contributed by atoms with van der Waals surface area (Å²) in [6.45, 7) is 1.36. The van der Waals surface area contributed by atoms with Gasteiger partial charge in [0.05, 0.1) is 19.0 Å². The number of alkyl halides is 3. The van der Waals surface area contributed by atoms with Crippen molar-refractivity contribution in [1.29, 1.82) is 0 Å². The van der Waals surface area contributed by atoms with Crippen LogP contribution in [0.25, 0.3) is 0 Å². The Hall–Kier alpha value is -2.99. The third-order valence-corrected chi connectivity index (χ3v) is 3.39. The first-order valence-corrected chi connectivity index (χ1v) is 7.49. The second-order valence-corrected chi connectivity index (χ2v) is 5.43. The first-order chi connectivity index (χ1) is 12.2. The average molecular weight is 375 g/mol. The van der Waals surface area contributed by atoms with Gasteiger partial charge in [0.15, 0.2) is 0 Å². The van der Waals surface area contributed by atoms with Gasteiger partial charge in [0.25, 0.3) is 11.8 Å². The minimum Gasteiger partial charge on any atom is -0.481 e. The van der Waals surface area contributed by atoms with E-state index in [9.17, 15) is 18.0 Å². The molecule has 10 nitrogen and oxygen atoms in total. The van der Waals surface area contributed by atoms with Crippen molar-refractivity contribution in [3.05, 3.63) is 23.8 Å². The molecule has 1 aliphatic heterocycles. The van der Waals surface area contributed by atoms with Gasteiger partial charge in [0, 0.05) is 13.3 Å². The number of aliphatic carboxylic acids is 1. The molecule has 1 atom stereocenters. The molecule has 0 aromatic carbocycles. The number of H-pyrrole nitrogens is 1. The second-order valence-electron chi connectivity index (χ2n) is 5.43. The molecule has 0 saturated heterocycles. The van der Waals surface area contributed by atoms with Crippen molar-refractivity contribution in [3.8, 4) is 0 Å². The Bertz CT molecular complexity index is 767. The molecule has 0 radical (unpaired) electrons. The summed E-state index contributed by atoms with van der Waals surface area (Å²) >= 11 is 0. The number of carboxylic acid groups (broad SMARTS) is 1. The number of hydrogen-bond donors (Lipinski definition) is 3. The average Bonchev–Trinajstić information content (AvgIpc) is 3.19. The maximum Gasteiger partial charge on any atom is 0.453 e. The Morgan fingerprint density at radius 2 is 2.15 bits per heavy atom. The van der Waals surface area contributed by atoms with Crippen LogP contribution in [-0.4, -0.2) is 46.9 Å². The number of amides is 1.